The molecule has 2 aromatic rings. The summed E-state index contributed by atoms with van der Waals surface area (Å²) in [7, 11) is 0. The third-order valence-electron chi connectivity index (χ3n) is 3.07. The molecule has 5 heteroatoms. The molecule has 0 saturated carbocycles. The third kappa shape index (κ3) is 2.51. The topological polar surface area (TPSA) is 78.0 Å². The van der Waals surface area contributed by atoms with Gasteiger partial charge in [-0.3, -0.25) is 0 Å². The van der Waals surface area contributed by atoms with E-state index in [2.05, 4.69) is 29.1 Å². The molecule has 0 aliphatic carbocycles. The quantitative estimate of drug-likeness (QED) is 0.756. The normalized spacial score (nSPS) is 12.8. The molecule has 0 radical (unpaired) electrons. The van der Waals surface area contributed by atoms with Crippen molar-refractivity contribution in [1.29, 1.82) is 0 Å². The Morgan fingerprint density at radius 3 is 3.06 bits per heavy atom. The second kappa shape index (κ2) is 5.18. The van der Waals surface area contributed by atoms with Crippen LogP contribution in [0.3, 0.4) is 0 Å². The largest absolute Gasteiger partial charge is 0.477 e. The Balaban J connectivity index is 2.34. The summed E-state index contributed by atoms with van der Waals surface area (Å²) in [6, 6.07) is 3.81. The maximum atomic E-state index is 11.0. The number of nitrogens with one attached hydrogen (secondary N) is 2. The van der Waals surface area contributed by atoms with Crippen LogP contribution in [0.4, 0.5) is 0 Å². The number of nitrogens with zero attached hydrogens (tertiary/aromatic N) is 1. The van der Waals surface area contributed by atoms with Crippen molar-refractivity contribution in [3.63, 3.8) is 0 Å². The molecule has 5 nitrogen and oxygen atoms in total. The van der Waals surface area contributed by atoms with Crippen molar-refractivity contribution >= 4 is 17.0 Å². The van der Waals surface area contributed by atoms with E-state index in [0.717, 1.165) is 17.5 Å². The Bertz CT molecular complexity index is 562. The van der Waals surface area contributed by atoms with Gasteiger partial charge in [-0.15, -0.1) is 0 Å². The van der Waals surface area contributed by atoms with Gasteiger partial charge < -0.3 is 15.4 Å². The van der Waals surface area contributed by atoms with Crippen LogP contribution in [0.2, 0.25) is 0 Å². The third-order valence-corrected chi connectivity index (χ3v) is 3.07. The fourth-order valence-electron chi connectivity index (χ4n) is 1.79. The summed E-state index contributed by atoms with van der Waals surface area (Å²) in [5.74, 6) is -0.997. The number of carboxylic acid groups (broad SMARTS) is 1. The molecule has 0 spiro atoms. The second-order valence-corrected chi connectivity index (χ2v) is 4.40. The maximum absolute atomic E-state index is 11.0. The number of pyridine rings is 1. The first kappa shape index (κ1) is 12.6. The minimum Gasteiger partial charge on any atom is -0.477 e. The van der Waals surface area contributed by atoms with E-state index in [1.807, 2.05) is 0 Å². The zero-order chi connectivity index (χ0) is 13.1. The van der Waals surface area contributed by atoms with Crippen LogP contribution < -0.4 is 5.32 Å². The van der Waals surface area contributed by atoms with Crippen LogP contribution in [0.15, 0.2) is 18.3 Å². The molecule has 96 valence electrons. The lowest BCUT2D eigenvalue weighted by Gasteiger charge is -2.12. The molecule has 2 heterocycles. The van der Waals surface area contributed by atoms with E-state index in [9.17, 15) is 4.79 Å². The molecule has 3 N–H and O–H groups in total. The van der Waals surface area contributed by atoms with E-state index in [1.165, 1.54) is 0 Å². The van der Waals surface area contributed by atoms with Crippen molar-refractivity contribution in [3.8, 4) is 0 Å². The molecule has 0 aromatic carbocycles. The highest BCUT2D eigenvalue weighted by atomic mass is 16.4. The molecular formula is C13H17N3O2. The van der Waals surface area contributed by atoms with Crippen molar-refractivity contribution in [1.82, 2.24) is 15.3 Å². The molecule has 2 aromatic heterocycles. The maximum Gasteiger partial charge on any atom is 0.354 e. The zero-order valence-corrected chi connectivity index (χ0v) is 10.5. The van der Waals surface area contributed by atoms with Crippen molar-refractivity contribution in [2.75, 3.05) is 0 Å². The first-order valence-corrected chi connectivity index (χ1v) is 6.05. The van der Waals surface area contributed by atoms with E-state index < -0.39 is 5.97 Å². The number of aromatic nitrogens is 2. The van der Waals surface area contributed by atoms with E-state index >= 15 is 0 Å². The van der Waals surface area contributed by atoms with Crippen LogP contribution in [-0.4, -0.2) is 27.1 Å². The fourth-order valence-corrected chi connectivity index (χ4v) is 1.79. The smallest absolute Gasteiger partial charge is 0.354 e. The van der Waals surface area contributed by atoms with Crippen LogP contribution in [0.25, 0.3) is 11.0 Å². The number of H-pyrrole nitrogens is 1. The Kier molecular flexibility index (Phi) is 3.62. The Labute approximate surface area is 105 Å². The van der Waals surface area contributed by atoms with Crippen LogP contribution in [-0.2, 0) is 6.54 Å². The molecular weight excluding hydrogens is 230 g/mol. The lowest BCUT2D eigenvalue weighted by molar-refractivity contribution is 0.0691. The summed E-state index contributed by atoms with van der Waals surface area (Å²) >= 11 is 0. The molecule has 1 atom stereocenters. The highest BCUT2D eigenvalue weighted by Crippen LogP contribution is 2.17. The number of rotatable bonds is 5. The van der Waals surface area contributed by atoms with Gasteiger partial charge in [0.2, 0.25) is 0 Å². The number of carboxylic acids is 1. The molecule has 0 aliphatic heterocycles. The Hall–Kier alpha value is -1.88. The van der Waals surface area contributed by atoms with Gasteiger partial charge in [-0.1, -0.05) is 6.92 Å². The lowest BCUT2D eigenvalue weighted by Crippen LogP contribution is -2.24. The van der Waals surface area contributed by atoms with Gasteiger partial charge in [0.15, 0.2) is 0 Å². The lowest BCUT2D eigenvalue weighted by atomic mass is 10.1. The number of aromatic amines is 1. The van der Waals surface area contributed by atoms with Gasteiger partial charge in [-0.2, -0.15) is 0 Å². The first-order chi connectivity index (χ1) is 8.61. The fraction of sp³-hybridized carbons (Fsp3) is 0.385. The van der Waals surface area contributed by atoms with Crippen molar-refractivity contribution in [2.45, 2.75) is 32.9 Å². The number of hydrogen-bond acceptors (Lipinski definition) is 3. The monoisotopic (exact) mass is 247 g/mol. The Morgan fingerprint density at radius 1 is 1.61 bits per heavy atom. The summed E-state index contributed by atoms with van der Waals surface area (Å²) < 4.78 is 0. The van der Waals surface area contributed by atoms with Gasteiger partial charge in [-0.25, -0.2) is 9.78 Å². The first-order valence-electron chi connectivity index (χ1n) is 6.05. The van der Waals surface area contributed by atoms with Gasteiger partial charge in [-0.05, 0) is 31.0 Å². The van der Waals surface area contributed by atoms with Crippen molar-refractivity contribution in [2.24, 2.45) is 0 Å². The van der Waals surface area contributed by atoms with E-state index in [-0.39, 0.29) is 5.69 Å². The van der Waals surface area contributed by atoms with E-state index in [0.29, 0.717) is 18.1 Å². The number of hydrogen-bond donors (Lipinski definition) is 3. The summed E-state index contributed by atoms with van der Waals surface area (Å²) in [5.41, 5.74) is 2.61. The minimum absolute atomic E-state index is 0.0862. The highest BCUT2D eigenvalue weighted by Gasteiger charge is 2.11. The summed E-state index contributed by atoms with van der Waals surface area (Å²) in [4.78, 5) is 18.2. The van der Waals surface area contributed by atoms with Crippen LogP contribution in [0, 0.1) is 0 Å². The van der Waals surface area contributed by atoms with Crippen LogP contribution in [0.1, 0.15) is 36.3 Å². The SMILES string of the molecule is CC[C@H](C)NCc1cc(C(=O)O)nc2cc[nH]c12. The average Bonchev–Trinajstić information content (AvgIpc) is 2.83. The van der Waals surface area contributed by atoms with Gasteiger partial charge in [0.05, 0.1) is 11.0 Å². The summed E-state index contributed by atoms with van der Waals surface area (Å²) in [5, 5.41) is 12.4. The van der Waals surface area contributed by atoms with Crippen molar-refractivity contribution < 1.29 is 9.90 Å². The predicted molar refractivity (Wildman–Crippen MR) is 69.6 cm³/mol. The van der Waals surface area contributed by atoms with Gasteiger partial charge in [0.25, 0.3) is 0 Å². The predicted octanol–water partition coefficient (Wildman–Crippen LogP) is 2.15. The van der Waals surface area contributed by atoms with Crippen LogP contribution in [0.5, 0.6) is 0 Å². The standard InChI is InChI=1S/C13H17N3O2/c1-3-8(2)15-7-9-6-11(13(17)18)16-10-4-5-14-12(9)10/h4-6,8,14-15H,3,7H2,1-2H3,(H,17,18)/t8-/m0/s1. The van der Waals surface area contributed by atoms with E-state index in [4.69, 9.17) is 5.11 Å². The Morgan fingerprint density at radius 2 is 2.39 bits per heavy atom. The van der Waals surface area contributed by atoms with Gasteiger partial charge >= 0.3 is 5.97 Å². The molecule has 0 bridgehead atoms. The second-order valence-electron chi connectivity index (χ2n) is 4.40. The molecule has 0 amide bonds. The molecule has 18 heavy (non-hydrogen) atoms. The minimum atomic E-state index is -0.997. The van der Waals surface area contributed by atoms with Crippen molar-refractivity contribution in [3.05, 3.63) is 29.6 Å². The molecule has 0 saturated heterocycles. The zero-order valence-electron chi connectivity index (χ0n) is 10.5. The summed E-state index contributed by atoms with van der Waals surface area (Å²) in [6.07, 6.45) is 2.81. The molecule has 0 unspecified atom stereocenters. The highest BCUT2D eigenvalue weighted by molar-refractivity contribution is 5.90. The summed E-state index contributed by atoms with van der Waals surface area (Å²) in [6.45, 7) is 4.84. The molecule has 2 rings (SSSR count). The molecule has 0 aliphatic rings. The van der Waals surface area contributed by atoms with Gasteiger partial charge in [0.1, 0.15) is 5.69 Å². The average molecular weight is 247 g/mol. The van der Waals surface area contributed by atoms with E-state index in [1.54, 1.807) is 18.3 Å². The van der Waals surface area contributed by atoms with Crippen LogP contribution >= 0.6 is 0 Å². The molecule has 0 fully saturated rings. The number of fused-ring (bicyclic) bond motifs is 1. The number of aromatic carboxylic acids is 1. The number of carbonyl (C=O) groups is 1. The van der Waals surface area contributed by atoms with Gasteiger partial charge in [0, 0.05) is 18.8 Å².